The normalized spacial score (nSPS) is 11.1. The van der Waals surface area contributed by atoms with Crippen LogP contribution in [0.5, 0.6) is 5.75 Å². The van der Waals surface area contributed by atoms with Gasteiger partial charge in [0.2, 0.25) is 15.9 Å². The van der Waals surface area contributed by atoms with Crippen molar-refractivity contribution in [1.82, 2.24) is 0 Å². The maximum absolute atomic E-state index is 12.3. The highest BCUT2D eigenvalue weighted by Gasteiger charge is 2.19. The standard InChI is InChI=1S/C19H22ClN3O6S/c1-13-6-7-15(23(25)26)12-17(13)21-19(24)5-4-10-22(30(3,27)28)14-8-9-18(29-2)16(20)11-14/h6-9,11-12H,4-5,10H2,1-3H3,(H,21,24). The van der Waals surface area contributed by atoms with Gasteiger partial charge in [-0.25, -0.2) is 8.42 Å². The summed E-state index contributed by atoms with van der Waals surface area (Å²) >= 11 is 6.09. The summed E-state index contributed by atoms with van der Waals surface area (Å²) in [4.78, 5) is 22.6. The van der Waals surface area contributed by atoms with Crippen LogP contribution < -0.4 is 14.4 Å². The van der Waals surface area contributed by atoms with Gasteiger partial charge in [0.1, 0.15) is 5.75 Å². The molecule has 0 fully saturated rings. The number of ether oxygens (including phenoxy) is 1. The molecule has 2 aromatic carbocycles. The van der Waals surface area contributed by atoms with Crippen molar-refractivity contribution in [3.05, 3.63) is 57.1 Å². The Morgan fingerprint density at radius 3 is 2.53 bits per heavy atom. The molecule has 0 aromatic heterocycles. The number of anilines is 2. The van der Waals surface area contributed by atoms with Gasteiger partial charge in [-0.2, -0.15) is 0 Å². The van der Waals surface area contributed by atoms with Crippen molar-refractivity contribution < 1.29 is 22.9 Å². The first-order valence-electron chi connectivity index (χ1n) is 8.89. The highest BCUT2D eigenvalue weighted by molar-refractivity contribution is 7.92. The molecule has 2 rings (SSSR count). The topological polar surface area (TPSA) is 119 Å². The third kappa shape index (κ3) is 6.07. The second-order valence-electron chi connectivity index (χ2n) is 6.56. The maximum Gasteiger partial charge on any atom is 0.271 e. The molecule has 0 bridgehead atoms. The average Bonchev–Trinajstić information content (AvgIpc) is 2.65. The lowest BCUT2D eigenvalue weighted by Crippen LogP contribution is -2.31. The molecule has 0 radical (unpaired) electrons. The van der Waals surface area contributed by atoms with E-state index in [1.54, 1.807) is 25.1 Å². The van der Waals surface area contributed by atoms with Crippen LogP contribution in [0.1, 0.15) is 18.4 Å². The zero-order chi connectivity index (χ0) is 22.5. The number of nitro groups is 1. The molecular formula is C19H22ClN3O6S. The molecule has 0 aliphatic heterocycles. The summed E-state index contributed by atoms with van der Waals surface area (Å²) < 4.78 is 30.6. The molecule has 11 heteroatoms. The Morgan fingerprint density at radius 2 is 1.97 bits per heavy atom. The van der Waals surface area contributed by atoms with Crippen molar-refractivity contribution in [1.29, 1.82) is 0 Å². The SMILES string of the molecule is COc1ccc(N(CCCC(=O)Nc2cc([N+](=O)[O-])ccc2C)S(C)(=O)=O)cc1Cl. The van der Waals surface area contributed by atoms with Gasteiger partial charge in [0.15, 0.2) is 0 Å². The number of sulfonamides is 1. The summed E-state index contributed by atoms with van der Waals surface area (Å²) in [5.74, 6) is 0.0420. The number of carbonyl (C=O) groups is 1. The second-order valence-corrected chi connectivity index (χ2v) is 8.88. The molecule has 1 amide bonds. The van der Waals surface area contributed by atoms with E-state index in [0.717, 1.165) is 10.6 Å². The van der Waals surface area contributed by atoms with Crippen molar-refractivity contribution in [3.63, 3.8) is 0 Å². The number of nitro benzene ring substituents is 1. The van der Waals surface area contributed by atoms with Gasteiger partial charge in [-0.15, -0.1) is 0 Å². The molecule has 0 aliphatic rings. The molecule has 0 spiro atoms. The summed E-state index contributed by atoms with van der Waals surface area (Å²) in [6, 6.07) is 8.80. The van der Waals surface area contributed by atoms with Crippen molar-refractivity contribution in [3.8, 4) is 5.75 Å². The van der Waals surface area contributed by atoms with Crippen LogP contribution >= 0.6 is 11.6 Å². The molecule has 1 N–H and O–H groups in total. The van der Waals surface area contributed by atoms with Gasteiger partial charge in [0.05, 0.1) is 34.7 Å². The summed E-state index contributed by atoms with van der Waals surface area (Å²) in [6.45, 7) is 1.78. The van der Waals surface area contributed by atoms with Gasteiger partial charge in [-0.05, 0) is 37.1 Å². The van der Waals surface area contributed by atoms with Crippen LogP contribution in [0.4, 0.5) is 17.1 Å². The first-order chi connectivity index (χ1) is 14.0. The Hall–Kier alpha value is -2.85. The fourth-order valence-electron chi connectivity index (χ4n) is 2.75. The third-order valence-electron chi connectivity index (χ3n) is 4.29. The highest BCUT2D eigenvalue weighted by Crippen LogP contribution is 2.30. The van der Waals surface area contributed by atoms with E-state index in [0.29, 0.717) is 22.7 Å². The van der Waals surface area contributed by atoms with Gasteiger partial charge in [0.25, 0.3) is 5.69 Å². The van der Waals surface area contributed by atoms with Crippen LogP contribution in [0.2, 0.25) is 5.02 Å². The number of nitrogens with one attached hydrogen (secondary N) is 1. The molecule has 0 heterocycles. The highest BCUT2D eigenvalue weighted by atomic mass is 35.5. The molecule has 0 aliphatic carbocycles. The van der Waals surface area contributed by atoms with Crippen LogP contribution in [0, 0.1) is 17.0 Å². The van der Waals surface area contributed by atoms with Crippen LogP contribution in [0.3, 0.4) is 0 Å². The fraction of sp³-hybridized carbons (Fsp3) is 0.316. The van der Waals surface area contributed by atoms with Crippen molar-refractivity contribution >= 4 is 44.6 Å². The molecule has 9 nitrogen and oxygen atoms in total. The van der Waals surface area contributed by atoms with Crippen LogP contribution in [0.25, 0.3) is 0 Å². The van der Waals surface area contributed by atoms with E-state index in [-0.39, 0.29) is 36.0 Å². The summed E-state index contributed by atoms with van der Waals surface area (Å²) in [5, 5.41) is 13.8. The Balaban J connectivity index is 2.05. The molecule has 0 saturated heterocycles. The molecule has 2 aromatic rings. The Bertz CT molecular complexity index is 1060. The number of rotatable bonds is 9. The molecular weight excluding hydrogens is 434 g/mol. The predicted octanol–water partition coefficient (Wildman–Crippen LogP) is 3.75. The average molecular weight is 456 g/mol. The quantitative estimate of drug-likeness (QED) is 0.454. The van der Waals surface area contributed by atoms with E-state index in [1.165, 1.54) is 25.3 Å². The van der Waals surface area contributed by atoms with Gasteiger partial charge < -0.3 is 10.1 Å². The number of carbonyl (C=O) groups excluding carboxylic acids is 1. The minimum Gasteiger partial charge on any atom is -0.495 e. The smallest absolute Gasteiger partial charge is 0.271 e. The number of hydrogen-bond donors (Lipinski definition) is 1. The summed E-state index contributed by atoms with van der Waals surface area (Å²) in [6.07, 6.45) is 1.33. The molecule has 0 unspecified atom stereocenters. The lowest BCUT2D eigenvalue weighted by molar-refractivity contribution is -0.384. The number of amides is 1. The largest absolute Gasteiger partial charge is 0.495 e. The lowest BCUT2D eigenvalue weighted by atomic mass is 10.1. The van der Waals surface area contributed by atoms with Gasteiger partial charge in [-0.1, -0.05) is 17.7 Å². The molecule has 0 atom stereocenters. The van der Waals surface area contributed by atoms with Crippen LogP contribution in [-0.2, 0) is 14.8 Å². The minimum absolute atomic E-state index is 0.0258. The van der Waals surface area contributed by atoms with Crippen molar-refractivity contribution in [2.24, 2.45) is 0 Å². The predicted molar refractivity (Wildman–Crippen MR) is 116 cm³/mol. The van der Waals surface area contributed by atoms with Gasteiger partial charge in [0, 0.05) is 25.1 Å². The first kappa shape index (κ1) is 23.4. The van der Waals surface area contributed by atoms with E-state index in [1.807, 2.05) is 0 Å². The number of methoxy groups -OCH3 is 1. The summed E-state index contributed by atoms with van der Waals surface area (Å²) in [7, 11) is -2.15. The zero-order valence-corrected chi connectivity index (χ0v) is 18.3. The second kappa shape index (κ2) is 9.77. The zero-order valence-electron chi connectivity index (χ0n) is 16.7. The molecule has 0 saturated carbocycles. The van der Waals surface area contributed by atoms with Gasteiger partial charge >= 0.3 is 0 Å². The number of halogens is 1. The van der Waals surface area contributed by atoms with Crippen molar-refractivity contribution in [2.45, 2.75) is 19.8 Å². The number of aryl methyl sites for hydroxylation is 1. The monoisotopic (exact) mass is 455 g/mol. The first-order valence-corrected chi connectivity index (χ1v) is 11.1. The Morgan fingerprint density at radius 1 is 1.27 bits per heavy atom. The Kier molecular flexibility index (Phi) is 7.63. The summed E-state index contributed by atoms with van der Waals surface area (Å²) in [5.41, 5.74) is 1.25. The van der Waals surface area contributed by atoms with Crippen LogP contribution in [-0.4, -0.2) is 39.2 Å². The van der Waals surface area contributed by atoms with Crippen molar-refractivity contribution in [2.75, 3.05) is 29.5 Å². The van der Waals surface area contributed by atoms with E-state index < -0.39 is 14.9 Å². The number of nitrogens with zero attached hydrogens (tertiary/aromatic N) is 2. The third-order valence-corrected chi connectivity index (χ3v) is 5.78. The number of non-ortho nitro benzene ring substituents is 1. The molecule has 162 valence electrons. The minimum atomic E-state index is -3.61. The van der Waals surface area contributed by atoms with Crippen LogP contribution in [0.15, 0.2) is 36.4 Å². The molecule has 30 heavy (non-hydrogen) atoms. The lowest BCUT2D eigenvalue weighted by Gasteiger charge is -2.23. The fourth-order valence-corrected chi connectivity index (χ4v) is 3.96. The number of hydrogen-bond acceptors (Lipinski definition) is 6. The van der Waals surface area contributed by atoms with Gasteiger partial charge in [-0.3, -0.25) is 19.2 Å². The van der Waals surface area contributed by atoms with E-state index in [2.05, 4.69) is 5.32 Å². The maximum atomic E-state index is 12.3. The number of benzene rings is 2. The van der Waals surface area contributed by atoms with E-state index in [9.17, 15) is 23.3 Å². The van der Waals surface area contributed by atoms with E-state index >= 15 is 0 Å². The van der Waals surface area contributed by atoms with E-state index in [4.69, 9.17) is 16.3 Å². The Labute approximate surface area is 179 Å².